The molecule has 2 aliphatic heterocycles. The molecule has 0 atom stereocenters. The predicted octanol–water partition coefficient (Wildman–Crippen LogP) is 2.85. The minimum atomic E-state index is -1.30. The summed E-state index contributed by atoms with van der Waals surface area (Å²) in [5, 5.41) is 25.1. The number of rotatable bonds is 6. The number of carboxylic acids is 2. The van der Waals surface area contributed by atoms with E-state index >= 15 is 0 Å². The van der Waals surface area contributed by atoms with E-state index in [0.29, 0.717) is 55.1 Å². The monoisotopic (exact) mass is 650 g/mol. The highest BCUT2D eigenvalue weighted by atomic mass is 19.1. The van der Waals surface area contributed by atoms with Crippen molar-refractivity contribution < 1.29 is 28.6 Å². The van der Waals surface area contributed by atoms with Gasteiger partial charge in [0.2, 0.25) is 10.9 Å². The fraction of sp³-hybridized carbons (Fsp3) is 0.394. The zero-order chi connectivity index (χ0) is 33.4. The number of hydrogen-bond acceptors (Lipinski definition) is 8. The number of nitrogens with one attached hydrogen (secondary N) is 2. The van der Waals surface area contributed by atoms with Gasteiger partial charge in [-0.25, -0.2) is 18.4 Å². The van der Waals surface area contributed by atoms with Gasteiger partial charge in [-0.15, -0.1) is 0 Å². The van der Waals surface area contributed by atoms with E-state index < -0.39 is 34.4 Å². The molecule has 0 unspecified atom stereocenters. The highest BCUT2D eigenvalue weighted by Crippen LogP contribution is 2.38. The van der Waals surface area contributed by atoms with Crippen LogP contribution in [0.3, 0.4) is 0 Å². The molecule has 4 N–H and O–H groups in total. The van der Waals surface area contributed by atoms with Crippen LogP contribution >= 0.6 is 0 Å². The number of carboxylic acid groups (broad SMARTS) is 2. The van der Waals surface area contributed by atoms with E-state index in [1.807, 2.05) is 21.3 Å². The highest BCUT2D eigenvalue weighted by molar-refractivity contribution is 5.94. The third-order valence-corrected chi connectivity index (χ3v) is 8.91. The van der Waals surface area contributed by atoms with Crippen LogP contribution in [0.25, 0.3) is 21.8 Å². The van der Waals surface area contributed by atoms with Gasteiger partial charge < -0.3 is 39.8 Å². The number of hydrogen-bond donors (Lipinski definition) is 4. The van der Waals surface area contributed by atoms with Crippen molar-refractivity contribution in [2.24, 2.45) is 0 Å². The molecule has 248 valence electrons. The maximum absolute atomic E-state index is 14.6. The molecule has 2 aromatic heterocycles. The lowest BCUT2D eigenvalue weighted by atomic mass is 10.1. The minimum absolute atomic E-state index is 0.100. The number of anilines is 2. The van der Waals surface area contributed by atoms with Crippen LogP contribution in [0.1, 0.15) is 46.5 Å². The average Bonchev–Trinajstić information content (AvgIpc) is 3.92. The van der Waals surface area contributed by atoms with Crippen LogP contribution in [-0.2, 0) is 6.54 Å². The Balaban J connectivity index is 0.000000165. The number of fused-ring (bicyclic) bond motifs is 2. The van der Waals surface area contributed by atoms with Gasteiger partial charge >= 0.3 is 11.9 Å². The molecule has 3 aliphatic rings. The molecule has 0 bridgehead atoms. The number of benzene rings is 2. The Bertz CT molecular complexity index is 1990. The zero-order valence-corrected chi connectivity index (χ0v) is 25.9. The van der Waals surface area contributed by atoms with Crippen LogP contribution in [0.15, 0.2) is 46.2 Å². The predicted molar refractivity (Wildman–Crippen MR) is 174 cm³/mol. The Morgan fingerprint density at radius 3 is 1.64 bits per heavy atom. The van der Waals surface area contributed by atoms with E-state index in [0.717, 1.165) is 45.1 Å². The third kappa shape index (κ3) is 6.30. The van der Waals surface area contributed by atoms with Gasteiger partial charge in [-0.3, -0.25) is 9.59 Å². The Hall–Kier alpha value is -4.82. The van der Waals surface area contributed by atoms with Gasteiger partial charge in [0.05, 0.1) is 22.4 Å². The minimum Gasteiger partial charge on any atom is -0.477 e. The van der Waals surface area contributed by atoms with Gasteiger partial charge in [-0.1, -0.05) is 0 Å². The Kier molecular flexibility index (Phi) is 8.97. The second-order valence-corrected chi connectivity index (χ2v) is 11.9. The number of pyridine rings is 2. The van der Waals surface area contributed by atoms with Gasteiger partial charge in [0.25, 0.3) is 0 Å². The van der Waals surface area contributed by atoms with Gasteiger partial charge in [0.1, 0.15) is 22.8 Å². The lowest BCUT2D eigenvalue weighted by Gasteiger charge is -2.30. The summed E-state index contributed by atoms with van der Waals surface area (Å²) in [6.45, 7) is 8.22. The summed E-state index contributed by atoms with van der Waals surface area (Å²) in [6.07, 6.45) is 4.62. The largest absolute Gasteiger partial charge is 0.477 e. The molecule has 2 saturated heterocycles. The number of carbonyl (C=O) groups is 2. The molecule has 12 nitrogen and oxygen atoms in total. The van der Waals surface area contributed by atoms with Crippen LogP contribution in [0.2, 0.25) is 0 Å². The van der Waals surface area contributed by atoms with Crippen LogP contribution in [-0.4, -0.2) is 83.6 Å². The molecule has 14 heteroatoms. The quantitative estimate of drug-likeness (QED) is 0.246. The first kappa shape index (κ1) is 32.1. The van der Waals surface area contributed by atoms with E-state index in [4.69, 9.17) is 5.11 Å². The van der Waals surface area contributed by atoms with Gasteiger partial charge in [-0.2, -0.15) is 0 Å². The maximum atomic E-state index is 14.6. The SMILES string of the molecule is CCn1cc(C(=O)O)c(=O)c2cc(F)c(N3CCNCC3)cc21.O=C(O)c1cn(C2CC2)c2cc(N3CCNCC3)c(F)cc2c1=O. The van der Waals surface area contributed by atoms with Crippen molar-refractivity contribution in [2.45, 2.75) is 32.4 Å². The number of aromatic nitrogens is 2. The highest BCUT2D eigenvalue weighted by Gasteiger charge is 2.28. The Morgan fingerprint density at radius 2 is 1.19 bits per heavy atom. The molecular weight excluding hydrogens is 614 g/mol. The van der Waals surface area contributed by atoms with E-state index in [-0.39, 0.29) is 27.9 Å². The van der Waals surface area contributed by atoms with Crippen molar-refractivity contribution >= 4 is 45.1 Å². The van der Waals surface area contributed by atoms with Crippen LogP contribution in [0, 0.1) is 11.6 Å². The van der Waals surface area contributed by atoms with E-state index in [9.17, 15) is 33.1 Å². The smallest absolute Gasteiger partial charge is 0.341 e. The van der Waals surface area contributed by atoms with Crippen LogP contribution in [0.4, 0.5) is 20.2 Å². The molecule has 2 aromatic carbocycles. The van der Waals surface area contributed by atoms with Crippen molar-refractivity contribution in [1.82, 2.24) is 19.8 Å². The standard InChI is InChI=1S/C17H18FN3O3.C16H18FN3O3/c18-13-7-11-14(8-15(13)20-5-3-19-4-6-20)21(10-1-2-10)9-12(16(11)22)17(23)24;1-2-19-9-11(16(22)23)15(21)10-7-12(17)14(8-13(10)19)20-5-3-18-4-6-20/h7-10,19H,1-6H2,(H,23,24);7-9,18H,2-6H2,1H3,(H,22,23). The summed E-state index contributed by atoms with van der Waals surface area (Å²) in [6, 6.07) is 5.88. The normalized spacial score (nSPS) is 16.7. The second-order valence-electron chi connectivity index (χ2n) is 11.9. The number of halogens is 2. The van der Waals surface area contributed by atoms with Crippen LogP contribution < -0.4 is 31.3 Å². The zero-order valence-electron chi connectivity index (χ0n) is 25.9. The Morgan fingerprint density at radius 1 is 0.745 bits per heavy atom. The fourth-order valence-corrected chi connectivity index (χ4v) is 6.28. The molecule has 7 rings (SSSR count). The Labute approximate surface area is 267 Å². The molecule has 3 fully saturated rings. The molecule has 4 heterocycles. The van der Waals surface area contributed by atoms with Gasteiger partial charge in [0.15, 0.2) is 0 Å². The van der Waals surface area contributed by atoms with Crippen molar-refractivity contribution in [3.63, 3.8) is 0 Å². The van der Waals surface area contributed by atoms with E-state index in [1.54, 1.807) is 16.7 Å². The molecule has 0 spiro atoms. The van der Waals surface area contributed by atoms with Crippen molar-refractivity contribution in [1.29, 1.82) is 0 Å². The summed E-state index contributed by atoms with van der Waals surface area (Å²) in [5.74, 6) is -3.55. The van der Waals surface area contributed by atoms with Gasteiger partial charge in [0, 0.05) is 88.1 Å². The average molecular weight is 651 g/mol. The lowest BCUT2D eigenvalue weighted by molar-refractivity contribution is 0.0684. The first-order valence-corrected chi connectivity index (χ1v) is 15.7. The molecule has 4 aromatic rings. The summed E-state index contributed by atoms with van der Waals surface area (Å²) in [5.41, 5.74) is 0.171. The summed E-state index contributed by atoms with van der Waals surface area (Å²) in [7, 11) is 0. The first-order chi connectivity index (χ1) is 22.6. The molecule has 47 heavy (non-hydrogen) atoms. The number of piperazine rings is 2. The second kappa shape index (κ2) is 13.1. The summed E-state index contributed by atoms with van der Waals surface area (Å²) in [4.78, 5) is 51.1. The molecule has 0 radical (unpaired) electrons. The molecule has 0 amide bonds. The summed E-state index contributed by atoms with van der Waals surface area (Å²) < 4.78 is 32.6. The molecular formula is C33H36F2N6O6. The van der Waals surface area contributed by atoms with Crippen LogP contribution in [0.5, 0.6) is 0 Å². The van der Waals surface area contributed by atoms with Crippen molar-refractivity contribution in [3.05, 3.63) is 79.9 Å². The third-order valence-electron chi connectivity index (χ3n) is 8.91. The van der Waals surface area contributed by atoms with Gasteiger partial charge in [-0.05, 0) is 44.0 Å². The molecule has 1 saturated carbocycles. The first-order valence-electron chi connectivity index (χ1n) is 15.7. The van der Waals surface area contributed by atoms with Crippen molar-refractivity contribution in [2.75, 3.05) is 62.2 Å². The fourth-order valence-electron chi connectivity index (χ4n) is 6.28. The lowest BCUT2D eigenvalue weighted by Crippen LogP contribution is -2.43. The maximum Gasteiger partial charge on any atom is 0.341 e. The summed E-state index contributed by atoms with van der Waals surface area (Å²) >= 11 is 0. The topological polar surface area (TPSA) is 149 Å². The number of aromatic carboxylic acids is 2. The van der Waals surface area contributed by atoms with Crippen molar-refractivity contribution in [3.8, 4) is 0 Å². The molecule has 1 aliphatic carbocycles. The number of aryl methyl sites for hydroxylation is 1. The number of nitrogens with zero attached hydrogens (tertiary/aromatic N) is 4. The van der Waals surface area contributed by atoms with E-state index in [2.05, 4.69) is 10.6 Å². The van der Waals surface area contributed by atoms with E-state index in [1.165, 1.54) is 18.5 Å².